The first-order chi connectivity index (χ1) is 7.70. The van der Waals surface area contributed by atoms with Gasteiger partial charge in [0.25, 0.3) is 0 Å². The van der Waals surface area contributed by atoms with E-state index in [0.717, 1.165) is 0 Å². The first kappa shape index (κ1) is 11.8. The molecule has 2 rings (SSSR count). The molecular formula is C12H12N2O2. The highest BCUT2D eigenvalue weighted by atomic mass is 16.4. The Hall–Kier alpha value is -2.23. The van der Waals surface area contributed by atoms with Crippen molar-refractivity contribution in [3.63, 3.8) is 0 Å². The van der Waals surface area contributed by atoms with E-state index < -0.39 is 5.97 Å². The molecule has 0 bridgehead atoms. The van der Waals surface area contributed by atoms with Gasteiger partial charge in [-0.1, -0.05) is 6.07 Å². The molecule has 2 heterocycles. The molecule has 4 heteroatoms. The molecule has 0 amide bonds. The summed E-state index contributed by atoms with van der Waals surface area (Å²) in [6.45, 7) is 2.02. The lowest BCUT2D eigenvalue weighted by Crippen LogP contribution is -1.94. The van der Waals surface area contributed by atoms with Crippen LogP contribution in [-0.4, -0.2) is 21.0 Å². The summed E-state index contributed by atoms with van der Waals surface area (Å²) in [5.41, 5.74) is 1.43. The van der Waals surface area contributed by atoms with Crippen LogP contribution >= 0.6 is 0 Å². The maximum atomic E-state index is 10.2. The van der Waals surface area contributed by atoms with Crippen molar-refractivity contribution in [3.8, 4) is 0 Å². The predicted molar refractivity (Wildman–Crippen MR) is 60.2 cm³/mol. The number of hydrogen-bond acceptors (Lipinski definition) is 3. The second-order valence-electron chi connectivity index (χ2n) is 3.08. The highest BCUT2D eigenvalue weighted by molar-refractivity contribution is 5.86. The lowest BCUT2D eigenvalue weighted by Gasteiger charge is -1.87. The zero-order valence-corrected chi connectivity index (χ0v) is 8.87. The Morgan fingerprint density at radius 2 is 1.75 bits per heavy atom. The van der Waals surface area contributed by atoms with Crippen molar-refractivity contribution in [1.82, 2.24) is 9.97 Å². The van der Waals surface area contributed by atoms with Gasteiger partial charge in [0.1, 0.15) is 0 Å². The van der Waals surface area contributed by atoms with Gasteiger partial charge in [0.15, 0.2) is 0 Å². The van der Waals surface area contributed by atoms with Crippen molar-refractivity contribution in [1.29, 1.82) is 0 Å². The highest BCUT2D eigenvalue weighted by Gasteiger charge is 1.97. The summed E-state index contributed by atoms with van der Waals surface area (Å²) in [7, 11) is 0. The second-order valence-corrected chi connectivity index (χ2v) is 3.08. The molecule has 16 heavy (non-hydrogen) atoms. The monoisotopic (exact) mass is 216 g/mol. The number of rotatable bonds is 1. The van der Waals surface area contributed by atoms with Crippen molar-refractivity contribution in [2.75, 3.05) is 0 Å². The van der Waals surface area contributed by atoms with E-state index in [0.29, 0.717) is 0 Å². The molecule has 0 saturated heterocycles. The minimum Gasteiger partial charge on any atom is -0.478 e. The lowest BCUT2D eigenvalue weighted by molar-refractivity contribution is 0.0696. The van der Waals surface area contributed by atoms with E-state index in [4.69, 9.17) is 5.11 Å². The molecule has 2 aromatic rings. The van der Waals surface area contributed by atoms with Crippen LogP contribution in [0.25, 0.3) is 0 Å². The average Bonchev–Trinajstić information content (AvgIpc) is 2.32. The first-order valence-electron chi connectivity index (χ1n) is 4.70. The maximum absolute atomic E-state index is 10.2. The minimum absolute atomic E-state index is 0.220. The third kappa shape index (κ3) is 4.32. The van der Waals surface area contributed by atoms with Crippen molar-refractivity contribution in [3.05, 3.63) is 60.2 Å². The smallest absolute Gasteiger partial charge is 0.337 e. The van der Waals surface area contributed by atoms with Crippen molar-refractivity contribution >= 4 is 5.97 Å². The van der Waals surface area contributed by atoms with Crippen LogP contribution in [0.1, 0.15) is 15.9 Å². The summed E-state index contributed by atoms with van der Waals surface area (Å²) >= 11 is 0. The van der Waals surface area contributed by atoms with Gasteiger partial charge in [-0.15, -0.1) is 0 Å². The molecule has 2 aromatic heterocycles. The molecule has 0 saturated carbocycles. The average molecular weight is 216 g/mol. The molecule has 0 aromatic carbocycles. The second kappa shape index (κ2) is 6.29. The quantitative estimate of drug-likeness (QED) is 0.793. The normalized spacial score (nSPS) is 8.81. The van der Waals surface area contributed by atoms with Crippen LogP contribution in [0.5, 0.6) is 0 Å². The van der Waals surface area contributed by atoms with Crippen molar-refractivity contribution < 1.29 is 9.90 Å². The summed E-state index contributed by atoms with van der Waals surface area (Å²) in [5, 5.41) is 8.34. The third-order valence-electron chi connectivity index (χ3n) is 1.72. The van der Waals surface area contributed by atoms with E-state index in [2.05, 4.69) is 9.97 Å². The number of aromatic nitrogens is 2. The molecule has 0 fully saturated rings. The fourth-order valence-electron chi connectivity index (χ4n) is 0.937. The van der Waals surface area contributed by atoms with Gasteiger partial charge in [0.2, 0.25) is 0 Å². The van der Waals surface area contributed by atoms with Crippen molar-refractivity contribution in [2.24, 2.45) is 0 Å². The van der Waals surface area contributed by atoms with E-state index in [-0.39, 0.29) is 5.56 Å². The van der Waals surface area contributed by atoms with Gasteiger partial charge in [-0.3, -0.25) is 9.97 Å². The largest absolute Gasteiger partial charge is 0.478 e. The Morgan fingerprint density at radius 3 is 2.00 bits per heavy atom. The summed E-state index contributed by atoms with van der Waals surface area (Å²) in [5.74, 6) is -0.942. The number of carboxylic acids is 1. The van der Waals surface area contributed by atoms with Crippen LogP contribution in [0.3, 0.4) is 0 Å². The molecule has 1 N–H and O–H groups in total. The van der Waals surface area contributed by atoms with Crippen LogP contribution in [0.2, 0.25) is 0 Å². The number of pyridine rings is 2. The van der Waals surface area contributed by atoms with Crippen LogP contribution in [0.4, 0.5) is 0 Å². The first-order valence-corrected chi connectivity index (χ1v) is 4.70. The Labute approximate surface area is 93.6 Å². The summed E-state index contributed by atoms with van der Waals surface area (Å²) in [4.78, 5) is 17.7. The molecule has 0 radical (unpaired) electrons. The molecule has 0 aliphatic carbocycles. The zero-order chi connectivity index (χ0) is 11.8. The van der Waals surface area contributed by atoms with E-state index >= 15 is 0 Å². The van der Waals surface area contributed by atoms with E-state index in [9.17, 15) is 4.79 Å². The van der Waals surface area contributed by atoms with E-state index in [1.807, 2.05) is 25.3 Å². The fourth-order valence-corrected chi connectivity index (χ4v) is 0.937. The Morgan fingerprint density at radius 1 is 1.12 bits per heavy atom. The number of carbonyl (C=O) groups is 1. The van der Waals surface area contributed by atoms with Crippen LogP contribution in [0, 0.1) is 6.92 Å². The highest BCUT2D eigenvalue weighted by Crippen LogP contribution is 1.92. The SMILES string of the molecule is Cc1cccnc1.O=C(O)c1cccnc1. The van der Waals surface area contributed by atoms with Crippen LogP contribution < -0.4 is 0 Å². The van der Waals surface area contributed by atoms with Crippen molar-refractivity contribution in [2.45, 2.75) is 6.92 Å². The molecule has 0 aliphatic rings. The summed E-state index contributed by atoms with van der Waals surface area (Å²) in [6, 6.07) is 7.03. The van der Waals surface area contributed by atoms with Gasteiger partial charge in [-0.25, -0.2) is 4.79 Å². The van der Waals surface area contributed by atoms with Crippen LogP contribution in [0.15, 0.2) is 49.1 Å². The van der Waals surface area contributed by atoms with Gasteiger partial charge >= 0.3 is 5.97 Å². The van der Waals surface area contributed by atoms with Gasteiger partial charge in [-0.2, -0.15) is 0 Å². The number of hydrogen-bond donors (Lipinski definition) is 1. The molecule has 0 atom stereocenters. The van der Waals surface area contributed by atoms with Gasteiger partial charge in [0, 0.05) is 24.8 Å². The maximum Gasteiger partial charge on any atom is 0.337 e. The molecule has 82 valence electrons. The minimum atomic E-state index is -0.942. The third-order valence-corrected chi connectivity index (χ3v) is 1.72. The standard InChI is InChI=1S/C6H5NO2.C6H7N/c8-6(9)5-2-1-3-7-4-5;1-6-3-2-4-7-5-6/h1-4H,(H,8,9);2-5H,1H3. The molecule has 4 nitrogen and oxygen atoms in total. The molecule has 0 spiro atoms. The number of carboxylic acid groups (broad SMARTS) is 1. The molecule has 0 unspecified atom stereocenters. The summed E-state index contributed by atoms with van der Waals surface area (Å²) in [6.07, 6.45) is 6.45. The van der Waals surface area contributed by atoms with Gasteiger partial charge in [-0.05, 0) is 30.7 Å². The zero-order valence-electron chi connectivity index (χ0n) is 8.87. The Kier molecular flexibility index (Phi) is 4.66. The number of aromatic carboxylic acids is 1. The van der Waals surface area contributed by atoms with E-state index in [1.54, 1.807) is 12.3 Å². The summed E-state index contributed by atoms with van der Waals surface area (Å²) < 4.78 is 0. The molecule has 0 aliphatic heterocycles. The number of aryl methyl sites for hydroxylation is 1. The van der Waals surface area contributed by atoms with Gasteiger partial charge < -0.3 is 5.11 Å². The molecular weight excluding hydrogens is 204 g/mol. The predicted octanol–water partition coefficient (Wildman–Crippen LogP) is 2.17. The van der Waals surface area contributed by atoms with Crippen LogP contribution in [-0.2, 0) is 0 Å². The lowest BCUT2D eigenvalue weighted by atomic mass is 10.3. The number of nitrogens with zero attached hydrogens (tertiary/aromatic N) is 2. The Balaban J connectivity index is 0.000000165. The topological polar surface area (TPSA) is 63.1 Å². The van der Waals surface area contributed by atoms with Gasteiger partial charge in [0.05, 0.1) is 5.56 Å². The van der Waals surface area contributed by atoms with E-state index in [1.165, 1.54) is 24.0 Å². The Bertz CT molecular complexity index is 429. The fraction of sp³-hybridized carbons (Fsp3) is 0.0833.